The average molecular weight is 230 g/mol. The summed E-state index contributed by atoms with van der Waals surface area (Å²) in [6.07, 6.45) is 0.704. The van der Waals surface area contributed by atoms with Gasteiger partial charge in [-0.15, -0.1) is 0 Å². The summed E-state index contributed by atoms with van der Waals surface area (Å²) < 4.78 is 13.3. The van der Waals surface area contributed by atoms with Gasteiger partial charge >= 0.3 is 0 Å². The predicted octanol–water partition coefficient (Wildman–Crippen LogP) is 3.27. The molecule has 1 N–H and O–H groups in total. The van der Waals surface area contributed by atoms with E-state index in [1.807, 2.05) is 0 Å². The first-order valence-corrected chi connectivity index (χ1v) is 5.62. The van der Waals surface area contributed by atoms with Crippen LogP contribution in [0.25, 0.3) is 0 Å². The highest BCUT2D eigenvalue weighted by atomic mass is 35.5. The maximum atomic E-state index is 13.3. The van der Waals surface area contributed by atoms with Crippen LogP contribution in [0.4, 0.5) is 4.39 Å². The van der Waals surface area contributed by atoms with Crippen LogP contribution in [0.2, 0.25) is 5.02 Å². The van der Waals surface area contributed by atoms with Gasteiger partial charge in [0.1, 0.15) is 5.82 Å². The summed E-state index contributed by atoms with van der Waals surface area (Å²) in [5, 5.41) is 3.73. The molecule has 0 amide bonds. The zero-order chi connectivity index (χ0) is 11.3. The maximum Gasteiger partial charge on any atom is 0.127 e. The molecule has 0 atom stereocenters. The van der Waals surface area contributed by atoms with Gasteiger partial charge in [-0.05, 0) is 43.1 Å². The molecule has 84 valence electrons. The van der Waals surface area contributed by atoms with Gasteiger partial charge in [-0.1, -0.05) is 31.5 Å². The maximum absolute atomic E-state index is 13.3. The summed E-state index contributed by atoms with van der Waals surface area (Å²) in [6, 6.07) is 4.83. The SMILES string of the molecule is CC(C)CNCCc1ccc(Cl)cc1F. The van der Waals surface area contributed by atoms with Crippen LogP contribution in [0.15, 0.2) is 18.2 Å². The molecule has 0 unspecified atom stereocenters. The fourth-order valence-electron chi connectivity index (χ4n) is 1.34. The lowest BCUT2D eigenvalue weighted by atomic mass is 10.1. The van der Waals surface area contributed by atoms with Gasteiger partial charge in [0.2, 0.25) is 0 Å². The molecule has 0 radical (unpaired) electrons. The van der Waals surface area contributed by atoms with E-state index in [4.69, 9.17) is 11.6 Å². The summed E-state index contributed by atoms with van der Waals surface area (Å²) >= 11 is 5.66. The molecule has 0 saturated heterocycles. The standard InChI is InChI=1S/C12H17ClFN/c1-9(2)8-15-6-5-10-3-4-11(13)7-12(10)14/h3-4,7,9,15H,5-6,8H2,1-2H3. The van der Waals surface area contributed by atoms with Crippen LogP contribution in [0.1, 0.15) is 19.4 Å². The molecule has 1 aromatic carbocycles. The molecule has 15 heavy (non-hydrogen) atoms. The molecule has 0 bridgehead atoms. The third kappa shape index (κ3) is 4.63. The minimum Gasteiger partial charge on any atom is -0.316 e. The van der Waals surface area contributed by atoms with Crippen molar-refractivity contribution in [2.24, 2.45) is 5.92 Å². The van der Waals surface area contributed by atoms with E-state index >= 15 is 0 Å². The summed E-state index contributed by atoms with van der Waals surface area (Å²) in [7, 11) is 0. The van der Waals surface area contributed by atoms with Gasteiger partial charge in [0.05, 0.1) is 0 Å². The molecule has 0 fully saturated rings. The Bertz CT molecular complexity index is 312. The summed E-state index contributed by atoms with van der Waals surface area (Å²) in [4.78, 5) is 0. The first kappa shape index (κ1) is 12.5. The highest BCUT2D eigenvalue weighted by Crippen LogP contribution is 2.14. The first-order chi connectivity index (χ1) is 7.09. The van der Waals surface area contributed by atoms with E-state index in [2.05, 4.69) is 19.2 Å². The quantitative estimate of drug-likeness (QED) is 0.765. The zero-order valence-electron chi connectivity index (χ0n) is 9.19. The van der Waals surface area contributed by atoms with Gasteiger partial charge in [0.25, 0.3) is 0 Å². The molecule has 0 aliphatic rings. The molecule has 1 nitrogen and oxygen atoms in total. The summed E-state index contributed by atoms with van der Waals surface area (Å²) in [5.41, 5.74) is 0.718. The molecule has 3 heteroatoms. The molecule has 0 saturated carbocycles. The molecule has 0 aliphatic heterocycles. The Morgan fingerprint density at radius 2 is 2.13 bits per heavy atom. The van der Waals surface area contributed by atoms with Crippen molar-refractivity contribution in [1.29, 1.82) is 0 Å². The molecule has 1 rings (SSSR count). The Hall–Kier alpha value is -0.600. The van der Waals surface area contributed by atoms with E-state index in [1.54, 1.807) is 12.1 Å². The number of benzene rings is 1. The van der Waals surface area contributed by atoms with Crippen molar-refractivity contribution in [2.75, 3.05) is 13.1 Å². The number of hydrogen-bond donors (Lipinski definition) is 1. The van der Waals surface area contributed by atoms with Gasteiger partial charge in [-0.25, -0.2) is 4.39 Å². The van der Waals surface area contributed by atoms with Gasteiger partial charge < -0.3 is 5.32 Å². The fraction of sp³-hybridized carbons (Fsp3) is 0.500. The molecule has 1 aromatic rings. The number of hydrogen-bond acceptors (Lipinski definition) is 1. The molecule has 0 spiro atoms. The van der Waals surface area contributed by atoms with E-state index in [9.17, 15) is 4.39 Å². The Labute approximate surface area is 95.6 Å². The number of nitrogens with one attached hydrogen (secondary N) is 1. The van der Waals surface area contributed by atoms with Crippen LogP contribution in [0.5, 0.6) is 0 Å². The van der Waals surface area contributed by atoms with Crippen LogP contribution in [0, 0.1) is 11.7 Å². The number of rotatable bonds is 5. The second-order valence-electron chi connectivity index (χ2n) is 4.08. The molecule has 0 aromatic heterocycles. The second-order valence-corrected chi connectivity index (χ2v) is 4.52. The van der Waals surface area contributed by atoms with Crippen molar-refractivity contribution < 1.29 is 4.39 Å². The topological polar surface area (TPSA) is 12.0 Å². The van der Waals surface area contributed by atoms with Crippen molar-refractivity contribution in [2.45, 2.75) is 20.3 Å². The van der Waals surface area contributed by atoms with E-state index in [0.29, 0.717) is 17.4 Å². The van der Waals surface area contributed by atoms with Crippen LogP contribution in [-0.2, 0) is 6.42 Å². The van der Waals surface area contributed by atoms with Gasteiger partial charge in [-0.3, -0.25) is 0 Å². The highest BCUT2D eigenvalue weighted by molar-refractivity contribution is 6.30. The third-order valence-corrected chi connectivity index (χ3v) is 2.37. The van der Waals surface area contributed by atoms with Crippen molar-refractivity contribution in [3.8, 4) is 0 Å². The average Bonchev–Trinajstić information content (AvgIpc) is 2.14. The molecule has 0 aliphatic carbocycles. The van der Waals surface area contributed by atoms with Gasteiger partial charge in [0, 0.05) is 5.02 Å². The number of halogens is 2. The highest BCUT2D eigenvalue weighted by Gasteiger charge is 2.02. The van der Waals surface area contributed by atoms with E-state index in [1.165, 1.54) is 6.07 Å². The molecular formula is C12H17ClFN. The summed E-state index contributed by atoms with van der Waals surface area (Å²) in [5.74, 6) is 0.411. The smallest absolute Gasteiger partial charge is 0.127 e. The Kier molecular flexibility index (Phi) is 5.06. The fourth-order valence-corrected chi connectivity index (χ4v) is 1.50. The molecular weight excluding hydrogens is 213 g/mol. The first-order valence-electron chi connectivity index (χ1n) is 5.24. The Morgan fingerprint density at radius 3 is 2.73 bits per heavy atom. The lowest BCUT2D eigenvalue weighted by Gasteiger charge is -2.07. The molecule has 0 heterocycles. The van der Waals surface area contributed by atoms with E-state index < -0.39 is 0 Å². The largest absolute Gasteiger partial charge is 0.316 e. The third-order valence-electron chi connectivity index (χ3n) is 2.14. The van der Waals surface area contributed by atoms with Crippen LogP contribution in [0.3, 0.4) is 0 Å². The zero-order valence-corrected chi connectivity index (χ0v) is 9.94. The van der Waals surface area contributed by atoms with Gasteiger partial charge in [-0.2, -0.15) is 0 Å². The van der Waals surface area contributed by atoms with E-state index in [0.717, 1.165) is 18.7 Å². The van der Waals surface area contributed by atoms with Crippen LogP contribution in [-0.4, -0.2) is 13.1 Å². The monoisotopic (exact) mass is 229 g/mol. The minimum absolute atomic E-state index is 0.214. The van der Waals surface area contributed by atoms with Crippen LogP contribution < -0.4 is 5.32 Å². The van der Waals surface area contributed by atoms with Crippen molar-refractivity contribution in [3.63, 3.8) is 0 Å². The predicted molar refractivity (Wildman–Crippen MR) is 62.8 cm³/mol. The second kappa shape index (κ2) is 6.09. The Balaban J connectivity index is 2.37. The minimum atomic E-state index is -0.214. The van der Waals surface area contributed by atoms with E-state index in [-0.39, 0.29) is 5.82 Å². The van der Waals surface area contributed by atoms with Crippen LogP contribution >= 0.6 is 11.6 Å². The van der Waals surface area contributed by atoms with Gasteiger partial charge in [0.15, 0.2) is 0 Å². The summed E-state index contributed by atoms with van der Waals surface area (Å²) in [6.45, 7) is 6.07. The van der Waals surface area contributed by atoms with Crippen molar-refractivity contribution >= 4 is 11.6 Å². The van der Waals surface area contributed by atoms with Crippen molar-refractivity contribution in [1.82, 2.24) is 5.32 Å². The Morgan fingerprint density at radius 1 is 1.40 bits per heavy atom. The lowest BCUT2D eigenvalue weighted by Crippen LogP contribution is -2.22. The lowest BCUT2D eigenvalue weighted by molar-refractivity contribution is 0.546. The normalized spacial score (nSPS) is 11.0. The van der Waals surface area contributed by atoms with Crippen molar-refractivity contribution in [3.05, 3.63) is 34.6 Å².